The Bertz CT molecular complexity index is 872. The molecule has 0 radical (unpaired) electrons. The minimum Gasteiger partial charge on any atom is -0.507 e. The lowest BCUT2D eigenvalue weighted by Gasteiger charge is -2.40. The van der Waals surface area contributed by atoms with E-state index in [0.29, 0.717) is 6.07 Å². The van der Waals surface area contributed by atoms with Gasteiger partial charge in [-0.15, -0.1) is 0 Å². The van der Waals surface area contributed by atoms with Crippen molar-refractivity contribution in [2.75, 3.05) is 0 Å². The number of para-hydroxylation sites is 1. The molecular formula is C15H8F15NO. The lowest BCUT2D eigenvalue weighted by molar-refractivity contribution is -0.451. The minimum atomic E-state index is -8.37. The first-order chi connectivity index (χ1) is 13.9. The molecule has 0 atom stereocenters. The normalized spacial score (nSPS) is 15.5. The van der Waals surface area contributed by atoms with Crippen LogP contribution in [0.5, 0.6) is 5.75 Å². The van der Waals surface area contributed by atoms with Gasteiger partial charge in [-0.05, 0) is 18.6 Å². The van der Waals surface area contributed by atoms with E-state index in [2.05, 4.69) is 0 Å². The smallest absolute Gasteiger partial charge is 0.460 e. The zero-order chi connectivity index (χ0) is 25.8. The van der Waals surface area contributed by atoms with Gasteiger partial charge in [0.05, 0.1) is 0 Å². The third-order valence-electron chi connectivity index (χ3n) is 3.95. The molecule has 1 aromatic rings. The van der Waals surface area contributed by atoms with Crippen molar-refractivity contribution in [1.82, 2.24) is 0 Å². The van der Waals surface area contributed by atoms with Crippen LogP contribution in [-0.2, 0) is 0 Å². The van der Waals surface area contributed by atoms with Crippen LogP contribution in [0.15, 0.2) is 23.2 Å². The highest BCUT2D eigenvalue weighted by molar-refractivity contribution is 5.84. The summed E-state index contributed by atoms with van der Waals surface area (Å²) in [4.78, 5) is 1.54. The molecule has 0 saturated heterocycles. The molecule has 1 N–H and O–H groups in total. The third kappa shape index (κ3) is 3.82. The lowest BCUT2D eigenvalue weighted by Crippen LogP contribution is -2.72. The highest BCUT2D eigenvalue weighted by Gasteiger charge is 2.93. The van der Waals surface area contributed by atoms with E-state index in [1.54, 1.807) is 0 Å². The summed E-state index contributed by atoms with van der Waals surface area (Å²) in [6.07, 6.45) is -8.12. The summed E-state index contributed by atoms with van der Waals surface area (Å²) in [7, 11) is 0. The average Bonchev–Trinajstić information content (AvgIpc) is 2.61. The largest absolute Gasteiger partial charge is 0.507 e. The minimum absolute atomic E-state index is 0.116. The molecule has 0 amide bonds. The molecule has 0 heterocycles. The van der Waals surface area contributed by atoms with E-state index in [1.165, 1.54) is 4.99 Å². The number of aromatic hydroxyl groups is 1. The number of benzene rings is 1. The number of hydrogen-bond acceptors (Lipinski definition) is 2. The van der Waals surface area contributed by atoms with Crippen LogP contribution in [0, 0.1) is 6.92 Å². The van der Waals surface area contributed by atoms with Gasteiger partial charge in [0, 0.05) is 11.8 Å². The fourth-order valence-electron chi connectivity index (χ4n) is 1.98. The molecule has 0 fully saturated rings. The average molecular weight is 503 g/mol. The summed E-state index contributed by atoms with van der Waals surface area (Å²) >= 11 is 0. The summed E-state index contributed by atoms with van der Waals surface area (Å²) in [6, 6.07) is -3.99. The molecule has 32 heavy (non-hydrogen) atoms. The van der Waals surface area contributed by atoms with Gasteiger partial charge in [0.25, 0.3) is 0 Å². The Morgan fingerprint density at radius 3 is 1.50 bits per heavy atom. The molecule has 184 valence electrons. The molecule has 0 spiro atoms. The second-order valence-corrected chi connectivity index (χ2v) is 6.18. The molecule has 2 nitrogen and oxygen atoms in total. The SMILES string of the molecule is Cc1cccc(/C=N\C(F)(F)C(F)(F)C(F)(F)C(F)(F)C(F)(F)C(F)(F)C(F)(F)F)c1O. The highest BCUT2D eigenvalue weighted by atomic mass is 19.4. The van der Waals surface area contributed by atoms with Crippen LogP contribution in [0.4, 0.5) is 65.9 Å². The van der Waals surface area contributed by atoms with E-state index in [0.717, 1.165) is 19.1 Å². The van der Waals surface area contributed by atoms with E-state index in [1.807, 2.05) is 0 Å². The van der Waals surface area contributed by atoms with Crippen molar-refractivity contribution in [2.24, 2.45) is 4.99 Å². The molecule has 0 bridgehead atoms. The number of alkyl halides is 15. The molecule has 0 aliphatic rings. The van der Waals surface area contributed by atoms with Gasteiger partial charge in [-0.3, -0.25) is 0 Å². The van der Waals surface area contributed by atoms with E-state index >= 15 is 0 Å². The molecule has 1 rings (SSSR count). The summed E-state index contributed by atoms with van der Waals surface area (Å²) in [6.45, 7) is 1.12. The van der Waals surface area contributed by atoms with Crippen LogP contribution in [0.1, 0.15) is 11.1 Å². The molecule has 0 unspecified atom stereocenters. The predicted octanol–water partition coefficient (Wildman–Crippen LogP) is 6.45. The van der Waals surface area contributed by atoms with Crippen molar-refractivity contribution < 1.29 is 71.0 Å². The molecule has 1 aromatic carbocycles. The Labute approximate surface area is 167 Å². The molecule has 0 aromatic heterocycles. The highest BCUT2D eigenvalue weighted by Crippen LogP contribution is 2.62. The van der Waals surface area contributed by atoms with Crippen LogP contribution in [0.2, 0.25) is 0 Å². The van der Waals surface area contributed by atoms with Gasteiger partial charge in [-0.2, -0.15) is 65.9 Å². The number of aryl methyl sites for hydroxylation is 1. The second-order valence-electron chi connectivity index (χ2n) is 6.18. The first-order valence-corrected chi connectivity index (χ1v) is 7.57. The summed E-state index contributed by atoms with van der Waals surface area (Å²) in [5, 5.41) is 9.48. The number of phenolic OH excluding ortho intramolecular Hbond substituents is 1. The predicted molar refractivity (Wildman–Crippen MR) is 76.2 cm³/mol. The van der Waals surface area contributed by atoms with Gasteiger partial charge < -0.3 is 5.11 Å². The van der Waals surface area contributed by atoms with Gasteiger partial charge in [-0.25, -0.2) is 4.99 Å². The fourth-order valence-corrected chi connectivity index (χ4v) is 1.98. The van der Waals surface area contributed by atoms with Crippen molar-refractivity contribution in [2.45, 2.75) is 48.8 Å². The lowest BCUT2D eigenvalue weighted by atomic mass is 9.93. The van der Waals surface area contributed by atoms with Crippen LogP contribution in [0.25, 0.3) is 0 Å². The zero-order valence-corrected chi connectivity index (χ0v) is 14.9. The van der Waals surface area contributed by atoms with Crippen molar-refractivity contribution in [3.8, 4) is 5.75 Å². The Balaban J connectivity index is 3.55. The number of nitrogens with zero attached hydrogens (tertiary/aromatic N) is 1. The monoisotopic (exact) mass is 503 g/mol. The summed E-state index contributed by atoms with van der Waals surface area (Å²) in [5.41, 5.74) is -1.00. The molecule has 0 saturated carbocycles. The fraction of sp³-hybridized carbons (Fsp3) is 0.533. The van der Waals surface area contributed by atoms with Crippen LogP contribution in [0.3, 0.4) is 0 Å². The number of rotatable bonds is 7. The van der Waals surface area contributed by atoms with Crippen LogP contribution < -0.4 is 0 Å². The van der Waals surface area contributed by atoms with Crippen molar-refractivity contribution >= 4 is 6.21 Å². The first kappa shape index (κ1) is 27.7. The van der Waals surface area contributed by atoms with Gasteiger partial charge in [0.2, 0.25) is 0 Å². The number of aliphatic imine (C=N–C) groups is 1. The Morgan fingerprint density at radius 2 is 1.06 bits per heavy atom. The quantitative estimate of drug-likeness (QED) is 0.259. The van der Waals surface area contributed by atoms with Crippen LogP contribution >= 0.6 is 0 Å². The first-order valence-electron chi connectivity index (χ1n) is 7.57. The Morgan fingerprint density at radius 1 is 0.656 bits per heavy atom. The van der Waals surface area contributed by atoms with Crippen molar-refractivity contribution in [3.05, 3.63) is 29.3 Å². The van der Waals surface area contributed by atoms with E-state index in [-0.39, 0.29) is 5.56 Å². The molecule has 0 aliphatic heterocycles. The standard InChI is InChI=1S/C15H8F15NO/c1-6-3-2-4-7(8(6)32)5-31-15(29,30)13(24,25)11(20,21)9(16,17)10(18,19)12(22,23)14(26,27)28/h2-5,32H,1H3/b31-5-. The Hall–Kier alpha value is -2.36. The van der Waals surface area contributed by atoms with Gasteiger partial charge in [0.15, 0.2) is 0 Å². The zero-order valence-electron chi connectivity index (χ0n) is 14.9. The van der Waals surface area contributed by atoms with Crippen LogP contribution in [-0.4, -0.2) is 53.2 Å². The number of phenols is 1. The van der Waals surface area contributed by atoms with Gasteiger partial charge in [0.1, 0.15) is 5.75 Å². The molecular weight excluding hydrogens is 495 g/mol. The maximum absolute atomic E-state index is 13.6. The van der Waals surface area contributed by atoms with Gasteiger partial charge in [-0.1, -0.05) is 12.1 Å². The summed E-state index contributed by atoms with van der Waals surface area (Å²) < 4.78 is 195. The maximum Gasteiger partial charge on any atom is 0.460 e. The van der Waals surface area contributed by atoms with Crippen molar-refractivity contribution in [1.29, 1.82) is 0 Å². The van der Waals surface area contributed by atoms with E-state index in [9.17, 15) is 71.0 Å². The molecule has 0 aliphatic carbocycles. The van der Waals surface area contributed by atoms with Crippen molar-refractivity contribution in [3.63, 3.8) is 0 Å². The maximum atomic E-state index is 13.6. The second kappa shape index (κ2) is 7.60. The number of halogens is 15. The van der Waals surface area contributed by atoms with E-state index < -0.39 is 59.4 Å². The topological polar surface area (TPSA) is 32.6 Å². The summed E-state index contributed by atoms with van der Waals surface area (Å²) in [5.74, 6) is -41.6. The number of hydrogen-bond donors (Lipinski definition) is 1. The Kier molecular flexibility index (Phi) is 6.58. The molecule has 17 heteroatoms. The van der Waals surface area contributed by atoms with Gasteiger partial charge >= 0.3 is 41.8 Å². The van der Waals surface area contributed by atoms with E-state index in [4.69, 9.17) is 0 Å². The third-order valence-corrected chi connectivity index (χ3v) is 3.95.